The van der Waals surface area contributed by atoms with Crippen LogP contribution in [-0.4, -0.2) is 39.6 Å². The van der Waals surface area contributed by atoms with Crippen LogP contribution >= 0.6 is 12.2 Å². The van der Waals surface area contributed by atoms with Crippen LogP contribution < -0.4 is 30.4 Å². The predicted octanol–water partition coefficient (Wildman–Crippen LogP) is 1.11. The van der Waals surface area contributed by atoms with Gasteiger partial charge in [-0.3, -0.25) is 25.8 Å². The van der Waals surface area contributed by atoms with Crippen LogP contribution in [0.5, 0.6) is 17.4 Å². The molecule has 3 rings (SSSR count). The number of amides is 1. The number of nitro groups is 1. The molecule has 2 heterocycles. The van der Waals surface area contributed by atoms with Gasteiger partial charge in [-0.05, 0) is 31.3 Å². The number of aromatic nitrogens is 2. The summed E-state index contributed by atoms with van der Waals surface area (Å²) in [5.74, 6) is 0.516. The number of hydrogen-bond acceptors (Lipinski definition) is 8. The number of nitrogens with zero attached hydrogens (tertiary/aromatic N) is 3. The number of carbonyl (C=O) groups is 1. The van der Waals surface area contributed by atoms with Gasteiger partial charge in [-0.25, -0.2) is 4.68 Å². The SMILES string of the molecule is COc1nn(C(C)C(=O)NNC(=S)Nc2ccc3c(c2)OCO3)cc1[N+](=O)[O-]. The minimum Gasteiger partial charge on any atom is -0.475 e. The van der Waals surface area contributed by atoms with Gasteiger partial charge in [0.05, 0.1) is 12.0 Å². The van der Waals surface area contributed by atoms with E-state index >= 15 is 0 Å². The molecule has 1 amide bonds. The largest absolute Gasteiger partial charge is 0.475 e. The highest BCUT2D eigenvalue weighted by atomic mass is 32.1. The Labute approximate surface area is 163 Å². The average Bonchev–Trinajstić information content (AvgIpc) is 3.31. The van der Waals surface area contributed by atoms with Crippen molar-refractivity contribution in [3.8, 4) is 17.4 Å². The zero-order valence-electron chi connectivity index (χ0n) is 14.8. The molecule has 0 spiro atoms. The Morgan fingerprint density at radius 2 is 2.14 bits per heavy atom. The molecule has 1 aliphatic rings. The van der Waals surface area contributed by atoms with Gasteiger partial charge in [-0.15, -0.1) is 5.10 Å². The third-order valence-corrected chi connectivity index (χ3v) is 3.98. The predicted molar refractivity (Wildman–Crippen MR) is 100 cm³/mol. The van der Waals surface area contributed by atoms with E-state index in [-0.39, 0.29) is 23.5 Å². The lowest BCUT2D eigenvalue weighted by Gasteiger charge is -2.15. The molecule has 0 fully saturated rings. The van der Waals surface area contributed by atoms with Crippen LogP contribution in [0.2, 0.25) is 0 Å². The van der Waals surface area contributed by atoms with E-state index in [1.54, 1.807) is 18.2 Å². The third-order valence-electron chi connectivity index (χ3n) is 3.78. The summed E-state index contributed by atoms with van der Waals surface area (Å²) in [6, 6.07) is 4.31. The zero-order valence-corrected chi connectivity index (χ0v) is 15.6. The summed E-state index contributed by atoms with van der Waals surface area (Å²) in [5.41, 5.74) is 5.26. The molecule has 2 aromatic rings. The van der Waals surface area contributed by atoms with Crippen LogP contribution in [0.1, 0.15) is 13.0 Å². The molecular weight excluding hydrogens is 392 g/mol. The van der Waals surface area contributed by atoms with Crippen molar-refractivity contribution in [1.29, 1.82) is 0 Å². The number of rotatable bonds is 5. The molecule has 1 atom stereocenters. The standard InChI is InChI=1S/C15H16N6O6S/c1-8(20-6-10(21(23)24)14(19-20)25-2)13(22)17-18-15(28)16-9-3-4-11-12(5-9)27-7-26-11/h3-6,8H,7H2,1-2H3,(H,17,22)(H2,16,18,28). The maximum Gasteiger partial charge on any atom is 0.350 e. The molecule has 13 heteroatoms. The molecule has 12 nitrogen and oxygen atoms in total. The van der Waals surface area contributed by atoms with Crippen molar-refractivity contribution in [3.05, 3.63) is 34.5 Å². The summed E-state index contributed by atoms with van der Waals surface area (Å²) in [4.78, 5) is 22.6. The highest BCUT2D eigenvalue weighted by molar-refractivity contribution is 7.80. The summed E-state index contributed by atoms with van der Waals surface area (Å²) in [6.45, 7) is 1.67. The fourth-order valence-corrected chi connectivity index (χ4v) is 2.48. The van der Waals surface area contributed by atoms with Gasteiger partial charge in [0.25, 0.3) is 5.91 Å². The van der Waals surface area contributed by atoms with E-state index in [1.807, 2.05) is 0 Å². The molecule has 28 heavy (non-hydrogen) atoms. The molecule has 1 unspecified atom stereocenters. The summed E-state index contributed by atoms with van der Waals surface area (Å²) in [6.07, 6.45) is 1.12. The van der Waals surface area contributed by atoms with Crippen molar-refractivity contribution < 1.29 is 23.9 Å². The van der Waals surface area contributed by atoms with Crippen molar-refractivity contribution in [2.75, 3.05) is 19.2 Å². The van der Waals surface area contributed by atoms with Crippen LogP contribution in [0, 0.1) is 10.1 Å². The highest BCUT2D eigenvalue weighted by Gasteiger charge is 2.25. The molecule has 0 radical (unpaired) electrons. The fraction of sp³-hybridized carbons (Fsp3) is 0.267. The first-order valence-electron chi connectivity index (χ1n) is 7.93. The summed E-state index contributed by atoms with van der Waals surface area (Å²) in [7, 11) is 1.26. The minimum absolute atomic E-state index is 0.128. The molecule has 0 saturated heterocycles. The number of hydrogen-bond donors (Lipinski definition) is 3. The lowest BCUT2D eigenvalue weighted by molar-refractivity contribution is -0.385. The van der Waals surface area contributed by atoms with E-state index in [1.165, 1.54) is 14.0 Å². The summed E-state index contributed by atoms with van der Waals surface area (Å²) >= 11 is 5.12. The number of ether oxygens (including phenoxy) is 3. The van der Waals surface area contributed by atoms with Gasteiger partial charge in [-0.2, -0.15) is 0 Å². The van der Waals surface area contributed by atoms with Gasteiger partial charge in [0.15, 0.2) is 16.6 Å². The van der Waals surface area contributed by atoms with Gasteiger partial charge in [0.1, 0.15) is 12.2 Å². The first-order valence-corrected chi connectivity index (χ1v) is 8.34. The smallest absolute Gasteiger partial charge is 0.350 e. The van der Waals surface area contributed by atoms with E-state index in [4.69, 9.17) is 26.4 Å². The van der Waals surface area contributed by atoms with E-state index in [2.05, 4.69) is 21.3 Å². The van der Waals surface area contributed by atoms with E-state index in [9.17, 15) is 14.9 Å². The number of carbonyl (C=O) groups excluding carboxylic acids is 1. The lowest BCUT2D eigenvalue weighted by atomic mass is 10.3. The first-order chi connectivity index (χ1) is 13.4. The van der Waals surface area contributed by atoms with Crippen molar-refractivity contribution >= 4 is 34.6 Å². The number of benzene rings is 1. The second kappa shape index (κ2) is 7.96. The summed E-state index contributed by atoms with van der Waals surface area (Å²) < 4.78 is 16.5. The van der Waals surface area contributed by atoms with Gasteiger partial charge in [0.2, 0.25) is 6.79 Å². The molecule has 148 valence electrons. The van der Waals surface area contributed by atoms with Crippen LogP contribution in [0.15, 0.2) is 24.4 Å². The number of fused-ring (bicyclic) bond motifs is 1. The quantitative estimate of drug-likeness (QED) is 0.374. The Bertz CT molecular complexity index is 932. The number of methoxy groups -OCH3 is 1. The second-order valence-electron chi connectivity index (χ2n) is 5.57. The third kappa shape index (κ3) is 4.03. The molecule has 3 N–H and O–H groups in total. The Kier molecular flexibility index (Phi) is 5.44. The van der Waals surface area contributed by atoms with Gasteiger partial charge < -0.3 is 19.5 Å². The van der Waals surface area contributed by atoms with Crippen LogP contribution in [0.3, 0.4) is 0 Å². The summed E-state index contributed by atoms with van der Waals surface area (Å²) in [5, 5.41) is 17.9. The van der Waals surface area contributed by atoms with Gasteiger partial charge in [0, 0.05) is 11.8 Å². The van der Waals surface area contributed by atoms with Gasteiger partial charge >= 0.3 is 11.6 Å². The second-order valence-corrected chi connectivity index (χ2v) is 5.98. The first kappa shape index (κ1) is 19.2. The van der Waals surface area contributed by atoms with E-state index in [0.29, 0.717) is 17.2 Å². The Balaban J connectivity index is 1.56. The molecular formula is C15H16N6O6S. The lowest BCUT2D eigenvalue weighted by Crippen LogP contribution is -2.46. The molecule has 1 aromatic heterocycles. The van der Waals surface area contributed by atoms with Crippen LogP contribution in [0.4, 0.5) is 11.4 Å². The Morgan fingerprint density at radius 1 is 1.39 bits per heavy atom. The minimum atomic E-state index is -0.858. The van der Waals surface area contributed by atoms with E-state index in [0.717, 1.165) is 10.9 Å². The van der Waals surface area contributed by atoms with Crippen molar-refractivity contribution in [1.82, 2.24) is 20.6 Å². The number of nitrogens with one attached hydrogen (secondary N) is 3. The molecule has 0 aliphatic carbocycles. The average molecular weight is 408 g/mol. The van der Waals surface area contributed by atoms with Crippen molar-refractivity contribution in [3.63, 3.8) is 0 Å². The normalized spacial score (nSPS) is 12.8. The highest BCUT2D eigenvalue weighted by Crippen LogP contribution is 2.34. The topological polar surface area (TPSA) is 142 Å². The van der Waals surface area contributed by atoms with Crippen LogP contribution in [-0.2, 0) is 4.79 Å². The number of anilines is 1. The molecule has 0 saturated carbocycles. The Hall–Kier alpha value is -3.61. The molecule has 1 aliphatic heterocycles. The number of hydrazine groups is 1. The van der Waals surface area contributed by atoms with E-state index < -0.39 is 16.9 Å². The van der Waals surface area contributed by atoms with Crippen LogP contribution in [0.25, 0.3) is 0 Å². The molecule has 1 aromatic carbocycles. The van der Waals surface area contributed by atoms with Crippen molar-refractivity contribution in [2.24, 2.45) is 0 Å². The number of thiocarbonyl (C=S) groups is 1. The fourth-order valence-electron chi connectivity index (χ4n) is 2.31. The molecule has 0 bridgehead atoms. The maximum absolute atomic E-state index is 12.3. The Morgan fingerprint density at radius 3 is 2.82 bits per heavy atom. The zero-order chi connectivity index (χ0) is 20.3. The monoisotopic (exact) mass is 408 g/mol. The maximum atomic E-state index is 12.3. The van der Waals surface area contributed by atoms with Gasteiger partial charge in [-0.1, -0.05) is 0 Å². The van der Waals surface area contributed by atoms with Crippen molar-refractivity contribution in [2.45, 2.75) is 13.0 Å².